The van der Waals surface area contributed by atoms with Crippen molar-refractivity contribution in [2.75, 3.05) is 13.1 Å². The lowest BCUT2D eigenvalue weighted by Crippen LogP contribution is -2.48. The second-order valence-corrected chi connectivity index (χ2v) is 6.90. The first-order valence-electron chi connectivity index (χ1n) is 8.82. The number of nitriles is 1. The summed E-state index contributed by atoms with van der Waals surface area (Å²) in [6.07, 6.45) is 0. The van der Waals surface area contributed by atoms with Crippen LogP contribution in [0.1, 0.15) is 46.8 Å². The fourth-order valence-corrected chi connectivity index (χ4v) is 3.42. The van der Waals surface area contributed by atoms with E-state index in [2.05, 4.69) is 6.07 Å². The summed E-state index contributed by atoms with van der Waals surface area (Å²) in [5, 5.41) is 16.8. The van der Waals surface area contributed by atoms with E-state index < -0.39 is 0 Å². The van der Waals surface area contributed by atoms with Crippen molar-refractivity contribution in [2.45, 2.75) is 19.8 Å². The molecule has 0 spiro atoms. The van der Waals surface area contributed by atoms with Gasteiger partial charge in [0.15, 0.2) is 0 Å². The molecule has 3 rings (SSSR count). The van der Waals surface area contributed by atoms with Gasteiger partial charge in [-0.3, -0.25) is 4.79 Å². The molecule has 0 saturated carbocycles. The summed E-state index contributed by atoms with van der Waals surface area (Å²) in [4.78, 5) is 14.6. The molecule has 1 aliphatic heterocycles. The lowest BCUT2D eigenvalue weighted by atomic mass is 9.90. The van der Waals surface area contributed by atoms with Crippen LogP contribution >= 0.6 is 0 Å². The van der Waals surface area contributed by atoms with Crippen molar-refractivity contribution >= 4 is 17.2 Å². The van der Waals surface area contributed by atoms with Gasteiger partial charge < -0.3 is 16.0 Å². The van der Waals surface area contributed by atoms with Crippen LogP contribution in [-0.2, 0) is 0 Å². The molecule has 0 unspecified atom stereocenters. The van der Waals surface area contributed by atoms with E-state index in [4.69, 9.17) is 16.4 Å². The molecule has 0 aliphatic carbocycles. The number of nitrogens with zero attached hydrogens (tertiary/aromatic N) is 2. The van der Waals surface area contributed by atoms with E-state index >= 15 is 0 Å². The number of rotatable bonds is 4. The Morgan fingerprint density at radius 1 is 1.15 bits per heavy atom. The predicted octanol–water partition coefficient (Wildman–Crippen LogP) is 3.53. The molecule has 0 bridgehead atoms. The Bertz CT molecular complexity index is 957. The molecule has 3 N–H and O–H groups in total. The largest absolute Gasteiger partial charge is 0.402 e. The third kappa shape index (κ3) is 3.75. The first-order valence-corrected chi connectivity index (χ1v) is 8.82. The molecule has 1 amide bonds. The Hall–Kier alpha value is -3.39. The number of carbonyl (C=O) groups excluding carboxylic acids is 1. The van der Waals surface area contributed by atoms with E-state index in [-0.39, 0.29) is 5.91 Å². The molecular weight excluding hydrogens is 336 g/mol. The van der Waals surface area contributed by atoms with Crippen molar-refractivity contribution in [3.05, 3.63) is 76.5 Å². The van der Waals surface area contributed by atoms with Crippen LogP contribution in [0, 0.1) is 16.7 Å². The predicted molar refractivity (Wildman–Crippen MR) is 106 cm³/mol. The Morgan fingerprint density at radius 3 is 2.33 bits per heavy atom. The molecular formula is C22H22N4O. The van der Waals surface area contributed by atoms with Crippen LogP contribution in [0.15, 0.2) is 54.2 Å². The zero-order valence-electron chi connectivity index (χ0n) is 15.5. The molecule has 2 aromatic carbocycles. The molecule has 0 aromatic heterocycles. The lowest BCUT2D eigenvalue weighted by molar-refractivity contribution is 0.0602. The highest BCUT2D eigenvalue weighted by molar-refractivity contribution is 6.22. The molecule has 1 fully saturated rings. The van der Waals surface area contributed by atoms with Gasteiger partial charge in [0.2, 0.25) is 0 Å². The second-order valence-electron chi connectivity index (χ2n) is 6.90. The summed E-state index contributed by atoms with van der Waals surface area (Å²) in [5.74, 6) is 0.286. The molecule has 27 heavy (non-hydrogen) atoms. The van der Waals surface area contributed by atoms with Gasteiger partial charge in [-0.2, -0.15) is 5.26 Å². The maximum Gasteiger partial charge on any atom is 0.253 e. The third-order valence-corrected chi connectivity index (χ3v) is 4.85. The number of allylic oxidation sites excluding steroid dienone is 2. The molecule has 0 radical (unpaired) electrons. The SMILES string of the molecule is CC(=N)C(=C(C)N)c1cccc(C(=O)N2CC(c3ccc(C#N)cc3)C2)c1. The molecule has 5 heteroatoms. The van der Waals surface area contributed by atoms with Crippen molar-refractivity contribution in [3.63, 3.8) is 0 Å². The zero-order chi connectivity index (χ0) is 19.6. The van der Waals surface area contributed by atoms with E-state index in [1.165, 1.54) is 0 Å². The van der Waals surface area contributed by atoms with E-state index in [9.17, 15) is 4.79 Å². The van der Waals surface area contributed by atoms with Gasteiger partial charge in [0, 0.05) is 41.6 Å². The number of likely N-dealkylation sites (tertiary alicyclic amines) is 1. The van der Waals surface area contributed by atoms with E-state index in [0.717, 1.165) is 11.1 Å². The summed E-state index contributed by atoms with van der Waals surface area (Å²) in [5.41, 5.74) is 10.7. The maximum absolute atomic E-state index is 12.8. The number of benzene rings is 2. The molecule has 136 valence electrons. The second kappa shape index (κ2) is 7.46. The topological polar surface area (TPSA) is 94.0 Å². The minimum absolute atomic E-state index is 0.0154. The molecule has 1 aliphatic rings. The Kier molecular flexibility index (Phi) is 5.09. The van der Waals surface area contributed by atoms with E-state index in [1.807, 2.05) is 41.3 Å². The number of carbonyl (C=O) groups is 1. The number of hydrogen-bond donors (Lipinski definition) is 2. The fourth-order valence-electron chi connectivity index (χ4n) is 3.42. The van der Waals surface area contributed by atoms with Crippen molar-refractivity contribution in [3.8, 4) is 6.07 Å². The number of nitrogens with one attached hydrogen (secondary N) is 1. The van der Waals surface area contributed by atoms with Gasteiger partial charge in [0.25, 0.3) is 5.91 Å². The Labute approximate surface area is 159 Å². The highest BCUT2D eigenvalue weighted by Crippen LogP contribution is 2.29. The summed E-state index contributed by atoms with van der Waals surface area (Å²) in [7, 11) is 0. The van der Waals surface area contributed by atoms with Crippen LogP contribution in [0.2, 0.25) is 0 Å². The van der Waals surface area contributed by atoms with Crippen LogP contribution < -0.4 is 5.73 Å². The van der Waals surface area contributed by atoms with Gasteiger partial charge in [-0.1, -0.05) is 24.3 Å². The number of nitrogens with two attached hydrogens (primary N) is 1. The van der Waals surface area contributed by atoms with E-state index in [0.29, 0.717) is 47.1 Å². The maximum atomic E-state index is 12.8. The minimum atomic E-state index is -0.0154. The van der Waals surface area contributed by atoms with Crippen LogP contribution in [0.25, 0.3) is 5.57 Å². The lowest BCUT2D eigenvalue weighted by Gasteiger charge is -2.39. The van der Waals surface area contributed by atoms with Crippen molar-refractivity contribution in [1.29, 1.82) is 10.7 Å². The average Bonchev–Trinajstić information content (AvgIpc) is 2.60. The third-order valence-electron chi connectivity index (χ3n) is 4.85. The number of hydrogen-bond acceptors (Lipinski definition) is 4. The summed E-state index contributed by atoms with van der Waals surface area (Å²) in [6.45, 7) is 4.78. The molecule has 1 saturated heterocycles. The quantitative estimate of drug-likeness (QED) is 0.819. The first-order chi connectivity index (χ1) is 12.9. The van der Waals surface area contributed by atoms with Crippen molar-refractivity contribution in [2.24, 2.45) is 5.73 Å². The van der Waals surface area contributed by atoms with Gasteiger partial charge >= 0.3 is 0 Å². The van der Waals surface area contributed by atoms with Gasteiger partial charge in [0.1, 0.15) is 0 Å². The zero-order valence-corrected chi connectivity index (χ0v) is 15.5. The van der Waals surface area contributed by atoms with Gasteiger partial charge in [-0.15, -0.1) is 0 Å². The summed E-state index contributed by atoms with van der Waals surface area (Å²) < 4.78 is 0. The average molecular weight is 358 g/mol. The van der Waals surface area contributed by atoms with Crippen LogP contribution in [-0.4, -0.2) is 29.6 Å². The highest BCUT2D eigenvalue weighted by Gasteiger charge is 2.32. The van der Waals surface area contributed by atoms with Crippen LogP contribution in [0.3, 0.4) is 0 Å². The van der Waals surface area contributed by atoms with Crippen LogP contribution in [0.5, 0.6) is 0 Å². The van der Waals surface area contributed by atoms with Crippen molar-refractivity contribution < 1.29 is 4.79 Å². The van der Waals surface area contributed by atoms with E-state index in [1.54, 1.807) is 26.0 Å². The Morgan fingerprint density at radius 2 is 1.78 bits per heavy atom. The first kappa shape index (κ1) is 18.4. The van der Waals surface area contributed by atoms with Gasteiger partial charge in [-0.05, 0) is 49.2 Å². The van der Waals surface area contributed by atoms with Gasteiger partial charge in [-0.25, -0.2) is 0 Å². The monoisotopic (exact) mass is 358 g/mol. The molecule has 2 aromatic rings. The van der Waals surface area contributed by atoms with Crippen molar-refractivity contribution in [1.82, 2.24) is 4.90 Å². The van der Waals surface area contributed by atoms with Crippen LogP contribution in [0.4, 0.5) is 0 Å². The Balaban J connectivity index is 1.73. The normalized spacial score (nSPS) is 14.8. The number of amides is 1. The minimum Gasteiger partial charge on any atom is -0.402 e. The van der Waals surface area contributed by atoms with Gasteiger partial charge in [0.05, 0.1) is 11.6 Å². The molecule has 5 nitrogen and oxygen atoms in total. The fraction of sp³-hybridized carbons (Fsp3) is 0.227. The highest BCUT2D eigenvalue weighted by atomic mass is 16.2. The smallest absolute Gasteiger partial charge is 0.253 e. The molecule has 0 atom stereocenters. The summed E-state index contributed by atoms with van der Waals surface area (Å²) >= 11 is 0. The summed E-state index contributed by atoms with van der Waals surface area (Å²) in [6, 6.07) is 17.0. The standard InChI is InChI=1S/C22H22N4O/c1-14(24)21(15(2)25)18-4-3-5-19(10-18)22(27)26-12-20(13-26)17-8-6-16(11-23)7-9-17/h3-10,20,24H,12-13,25H2,1-2H3. The molecule has 1 heterocycles.